The summed E-state index contributed by atoms with van der Waals surface area (Å²) in [5.41, 5.74) is 0.851. The lowest BCUT2D eigenvalue weighted by Gasteiger charge is -2.41. The summed E-state index contributed by atoms with van der Waals surface area (Å²) in [5.74, 6) is 0.704. The topological polar surface area (TPSA) is 78.1 Å². The number of hydrogen-bond acceptors (Lipinski definition) is 3. The molecule has 2 unspecified atom stereocenters. The maximum absolute atomic E-state index is 12.2. The highest BCUT2D eigenvalue weighted by Crippen LogP contribution is 2.25. The smallest absolute Gasteiger partial charge is 0.228 e. The van der Waals surface area contributed by atoms with Crippen molar-refractivity contribution in [3.63, 3.8) is 0 Å². The molecule has 3 heterocycles. The summed E-state index contributed by atoms with van der Waals surface area (Å²) >= 11 is 0. The molecular weight excluding hydrogens is 244 g/mol. The van der Waals surface area contributed by atoms with Crippen molar-refractivity contribution < 1.29 is 9.59 Å². The van der Waals surface area contributed by atoms with Crippen molar-refractivity contribution in [2.45, 2.75) is 31.7 Å². The van der Waals surface area contributed by atoms with Crippen LogP contribution in [0.4, 0.5) is 0 Å². The molecule has 2 atom stereocenters. The average molecular weight is 262 g/mol. The van der Waals surface area contributed by atoms with Crippen LogP contribution in [0.25, 0.3) is 0 Å². The zero-order valence-electron chi connectivity index (χ0n) is 10.8. The number of carbonyl (C=O) groups excluding carboxylic acids is 2. The second kappa shape index (κ2) is 5.03. The molecule has 2 aliphatic heterocycles. The van der Waals surface area contributed by atoms with Crippen LogP contribution < -0.4 is 5.32 Å². The van der Waals surface area contributed by atoms with Gasteiger partial charge in [-0.15, -0.1) is 0 Å². The van der Waals surface area contributed by atoms with Crippen molar-refractivity contribution in [1.29, 1.82) is 0 Å². The first-order chi connectivity index (χ1) is 9.22. The van der Waals surface area contributed by atoms with Gasteiger partial charge in [0.05, 0.1) is 6.42 Å². The number of amides is 2. The first kappa shape index (κ1) is 12.2. The summed E-state index contributed by atoms with van der Waals surface area (Å²) in [4.78, 5) is 25.5. The van der Waals surface area contributed by atoms with E-state index in [-0.39, 0.29) is 17.9 Å². The Bertz CT molecular complexity index is 471. The molecule has 2 saturated heterocycles. The Kier molecular flexibility index (Phi) is 3.23. The largest absolute Gasteiger partial charge is 0.353 e. The predicted molar refractivity (Wildman–Crippen MR) is 68.1 cm³/mol. The zero-order chi connectivity index (χ0) is 13.2. The Morgan fingerprint density at radius 3 is 3.16 bits per heavy atom. The molecule has 2 fully saturated rings. The normalized spacial score (nSPS) is 26.7. The van der Waals surface area contributed by atoms with Crippen LogP contribution in [0.2, 0.25) is 0 Å². The number of hydrogen-bond donors (Lipinski definition) is 2. The standard InChI is InChI=1S/C13H18N4O2/c18-12-2-1-9-8-17(6-4-11(9)15-12)13(19)7-10-3-5-14-16-10/h3,5,9,11H,1-2,4,6-8H2,(H,14,16)(H,15,18). The maximum Gasteiger partial charge on any atom is 0.228 e. The third-order valence-corrected chi connectivity index (χ3v) is 4.08. The summed E-state index contributed by atoms with van der Waals surface area (Å²) in [6.07, 6.45) is 4.38. The van der Waals surface area contributed by atoms with Gasteiger partial charge in [0.2, 0.25) is 11.8 Å². The van der Waals surface area contributed by atoms with Crippen LogP contribution in [0.1, 0.15) is 25.0 Å². The van der Waals surface area contributed by atoms with Crippen LogP contribution in [0, 0.1) is 5.92 Å². The van der Waals surface area contributed by atoms with Gasteiger partial charge in [-0.25, -0.2) is 0 Å². The highest BCUT2D eigenvalue weighted by molar-refractivity contribution is 5.79. The van der Waals surface area contributed by atoms with Crippen LogP contribution >= 0.6 is 0 Å². The number of nitrogens with one attached hydrogen (secondary N) is 2. The van der Waals surface area contributed by atoms with E-state index in [0.29, 0.717) is 18.8 Å². The molecule has 2 amide bonds. The van der Waals surface area contributed by atoms with Crippen molar-refractivity contribution >= 4 is 11.8 Å². The minimum atomic E-state index is 0.139. The number of piperidine rings is 2. The Balaban J connectivity index is 1.58. The van der Waals surface area contributed by atoms with Gasteiger partial charge < -0.3 is 10.2 Å². The van der Waals surface area contributed by atoms with E-state index in [1.165, 1.54) is 0 Å². The first-order valence-electron chi connectivity index (χ1n) is 6.78. The summed E-state index contributed by atoms with van der Waals surface area (Å²) in [6, 6.07) is 2.09. The van der Waals surface area contributed by atoms with Gasteiger partial charge >= 0.3 is 0 Å². The van der Waals surface area contributed by atoms with E-state index in [2.05, 4.69) is 15.5 Å². The molecule has 19 heavy (non-hydrogen) atoms. The molecule has 1 aromatic heterocycles. The lowest BCUT2D eigenvalue weighted by Crippen LogP contribution is -2.55. The predicted octanol–water partition coefficient (Wildman–Crippen LogP) is 0.0793. The van der Waals surface area contributed by atoms with E-state index in [9.17, 15) is 9.59 Å². The van der Waals surface area contributed by atoms with E-state index < -0.39 is 0 Å². The summed E-state index contributed by atoms with van der Waals surface area (Å²) in [6.45, 7) is 1.49. The third kappa shape index (κ3) is 2.62. The first-order valence-corrected chi connectivity index (χ1v) is 6.78. The van der Waals surface area contributed by atoms with Gasteiger partial charge in [-0.1, -0.05) is 0 Å². The number of aromatic amines is 1. The Labute approximate surface area is 111 Å². The molecule has 3 rings (SSSR count). The summed E-state index contributed by atoms with van der Waals surface area (Å²) < 4.78 is 0. The van der Waals surface area contributed by atoms with Gasteiger partial charge in [0.25, 0.3) is 0 Å². The number of rotatable bonds is 2. The molecular formula is C13H18N4O2. The molecule has 1 aromatic rings. The number of H-pyrrole nitrogens is 1. The Morgan fingerprint density at radius 2 is 2.37 bits per heavy atom. The molecule has 102 valence electrons. The number of carbonyl (C=O) groups is 2. The number of likely N-dealkylation sites (tertiary alicyclic amines) is 1. The fourth-order valence-electron chi connectivity index (χ4n) is 2.99. The van der Waals surface area contributed by atoms with Gasteiger partial charge in [0.1, 0.15) is 0 Å². The average Bonchev–Trinajstić information content (AvgIpc) is 2.91. The summed E-state index contributed by atoms with van der Waals surface area (Å²) in [7, 11) is 0. The zero-order valence-corrected chi connectivity index (χ0v) is 10.8. The van der Waals surface area contributed by atoms with E-state index in [4.69, 9.17) is 0 Å². The van der Waals surface area contributed by atoms with Gasteiger partial charge in [-0.05, 0) is 24.8 Å². The van der Waals surface area contributed by atoms with Gasteiger partial charge in [0, 0.05) is 37.4 Å². The second-order valence-electron chi connectivity index (χ2n) is 5.36. The van der Waals surface area contributed by atoms with Crippen LogP contribution in [-0.2, 0) is 16.0 Å². The highest BCUT2D eigenvalue weighted by Gasteiger charge is 2.35. The third-order valence-electron chi connectivity index (χ3n) is 4.08. The molecule has 0 aliphatic carbocycles. The van der Waals surface area contributed by atoms with Crippen molar-refractivity contribution in [2.24, 2.45) is 5.92 Å². The Morgan fingerprint density at radius 1 is 1.47 bits per heavy atom. The number of fused-ring (bicyclic) bond motifs is 1. The minimum absolute atomic E-state index is 0.139. The number of nitrogens with zero attached hydrogens (tertiary/aromatic N) is 2. The molecule has 0 saturated carbocycles. The van der Waals surface area contributed by atoms with Crippen LogP contribution in [-0.4, -0.2) is 46.0 Å². The van der Waals surface area contributed by atoms with E-state index in [1.54, 1.807) is 6.20 Å². The molecule has 0 spiro atoms. The fourth-order valence-corrected chi connectivity index (χ4v) is 2.99. The molecule has 6 nitrogen and oxygen atoms in total. The van der Waals surface area contributed by atoms with E-state index >= 15 is 0 Å². The number of aromatic nitrogens is 2. The molecule has 0 radical (unpaired) electrons. The van der Waals surface area contributed by atoms with Crippen molar-refractivity contribution in [3.8, 4) is 0 Å². The molecule has 6 heteroatoms. The molecule has 0 bridgehead atoms. The minimum Gasteiger partial charge on any atom is -0.353 e. The SMILES string of the molecule is O=C1CCC2CN(C(=O)Cc3ccn[nH]3)CCC2N1. The quantitative estimate of drug-likeness (QED) is 0.792. The van der Waals surface area contributed by atoms with E-state index in [1.807, 2.05) is 11.0 Å². The van der Waals surface area contributed by atoms with Gasteiger partial charge in [-0.2, -0.15) is 5.10 Å². The van der Waals surface area contributed by atoms with Crippen LogP contribution in [0.5, 0.6) is 0 Å². The van der Waals surface area contributed by atoms with E-state index in [0.717, 1.165) is 31.6 Å². The van der Waals surface area contributed by atoms with Gasteiger partial charge in [0.15, 0.2) is 0 Å². The van der Waals surface area contributed by atoms with Crippen molar-refractivity contribution in [3.05, 3.63) is 18.0 Å². The molecule has 2 N–H and O–H groups in total. The van der Waals surface area contributed by atoms with Gasteiger partial charge in [-0.3, -0.25) is 14.7 Å². The fraction of sp³-hybridized carbons (Fsp3) is 0.615. The Hall–Kier alpha value is -1.85. The monoisotopic (exact) mass is 262 g/mol. The van der Waals surface area contributed by atoms with Crippen LogP contribution in [0.3, 0.4) is 0 Å². The molecule has 0 aromatic carbocycles. The molecule has 2 aliphatic rings. The second-order valence-corrected chi connectivity index (χ2v) is 5.36. The lowest BCUT2D eigenvalue weighted by atomic mass is 9.85. The lowest BCUT2D eigenvalue weighted by molar-refractivity contribution is -0.134. The maximum atomic E-state index is 12.2. The highest BCUT2D eigenvalue weighted by atomic mass is 16.2. The van der Waals surface area contributed by atoms with Crippen molar-refractivity contribution in [2.75, 3.05) is 13.1 Å². The summed E-state index contributed by atoms with van der Waals surface area (Å²) in [5, 5.41) is 9.70. The van der Waals surface area contributed by atoms with Crippen LogP contribution in [0.15, 0.2) is 12.3 Å². The van der Waals surface area contributed by atoms with Crippen molar-refractivity contribution in [1.82, 2.24) is 20.4 Å².